The van der Waals surface area contributed by atoms with Crippen molar-refractivity contribution in [2.24, 2.45) is 0 Å². The van der Waals surface area contributed by atoms with Crippen LogP contribution in [-0.2, 0) is 39.3 Å². The Kier molecular flexibility index (Phi) is 8.24. The maximum atomic E-state index is 2.44. The van der Waals surface area contributed by atoms with E-state index in [9.17, 15) is 0 Å². The van der Waals surface area contributed by atoms with E-state index in [2.05, 4.69) is 212 Å². The number of nitrogens with zero attached hydrogens (tertiary/aromatic N) is 6. The van der Waals surface area contributed by atoms with Gasteiger partial charge in [-0.15, -0.1) is 0 Å². The van der Waals surface area contributed by atoms with Gasteiger partial charge in [0.25, 0.3) is 0 Å². The van der Waals surface area contributed by atoms with E-state index >= 15 is 0 Å². The summed E-state index contributed by atoms with van der Waals surface area (Å²) in [5.74, 6) is 0. The summed E-state index contributed by atoms with van der Waals surface area (Å²) in [4.78, 5) is 0. The van der Waals surface area contributed by atoms with Gasteiger partial charge in [-0.05, 0) is 84.6 Å². The van der Waals surface area contributed by atoms with Crippen molar-refractivity contribution in [3.63, 3.8) is 0 Å². The molecule has 280 valence electrons. The summed E-state index contributed by atoms with van der Waals surface area (Å²) >= 11 is 0. The molecule has 0 radical (unpaired) electrons. The number of rotatable bonds is 2. The molecule has 0 spiro atoms. The van der Waals surface area contributed by atoms with E-state index in [1.807, 2.05) is 0 Å². The van der Waals surface area contributed by atoms with E-state index in [0.717, 1.165) is 39.3 Å². The van der Waals surface area contributed by atoms with Crippen molar-refractivity contribution in [3.05, 3.63) is 193 Å². The molecule has 0 atom stereocenters. The molecule has 6 heteroatoms. The lowest BCUT2D eigenvalue weighted by atomic mass is 10.1. The second-order valence-electron chi connectivity index (χ2n) is 15.9. The first-order chi connectivity index (χ1) is 28.6. The third kappa shape index (κ3) is 6.04. The lowest BCUT2D eigenvalue weighted by Crippen LogP contribution is -2.33. The highest BCUT2D eigenvalue weighted by Crippen LogP contribution is 2.32. The van der Waals surface area contributed by atoms with Gasteiger partial charge in [-0.3, -0.25) is 0 Å². The minimum atomic E-state index is 0.815. The van der Waals surface area contributed by atoms with Crippen LogP contribution >= 0.6 is 0 Å². The average molecular weight is 755 g/mol. The van der Waals surface area contributed by atoms with E-state index in [1.165, 1.54) is 88.1 Å². The Morgan fingerprint density at radius 3 is 0.759 bits per heavy atom. The molecule has 0 fully saturated rings. The number of pyridine rings is 4. The predicted molar refractivity (Wildman–Crippen MR) is 231 cm³/mol. The highest BCUT2D eigenvalue weighted by atomic mass is 15.0. The Labute approximate surface area is 338 Å². The van der Waals surface area contributed by atoms with Crippen LogP contribution in [0, 0.1) is 0 Å². The van der Waals surface area contributed by atoms with Crippen molar-refractivity contribution < 1.29 is 18.3 Å². The highest BCUT2D eigenvalue weighted by molar-refractivity contribution is 6.09. The normalized spacial score (nSPS) is 12.9. The second kappa shape index (κ2) is 13.9. The largest absolute Gasteiger partial charge is 0.341 e. The van der Waals surface area contributed by atoms with Crippen molar-refractivity contribution in [1.29, 1.82) is 0 Å². The summed E-state index contributed by atoms with van der Waals surface area (Å²) in [6, 6.07) is 45.9. The fourth-order valence-electron chi connectivity index (χ4n) is 9.34. The maximum Gasteiger partial charge on any atom is 0.173 e. The molecule has 0 unspecified atom stereocenters. The van der Waals surface area contributed by atoms with Crippen molar-refractivity contribution in [2.45, 2.75) is 53.1 Å². The molecular formula is C52H46N6+4. The van der Waals surface area contributed by atoms with Gasteiger partial charge < -0.3 is 9.13 Å². The molecule has 0 saturated carbocycles. The average Bonchev–Trinajstić information content (AvgIpc) is 3.75. The Morgan fingerprint density at radius 2 is 0.552 bits per heavy atom. The molecule has 0 saturated heterocycles. The summed E-state index contributed by atoms with van der Waals surface area (Å²) in [5.41, 5.74) is 15.2. The number of hydrogen-bond donors (Lipinski definition) is 0. The molecular weight excluding hydrogens is 709 g/mol. The van der Waals surface area contributed by atoms with Crippen LogP contribution in [0.3, 0.4) is 0 Å². The molecule has 0 aliphatic carbocycles. The Balaban J connectivity index is 0.988. The zero-order valence-corrected chi connectivity index (χ0v) is 33.1. The van der Waals surface area contributed by atoms with Crippen molar-refractivity contribution in [2.75, 3.05) is 0 Å². The first-order valence-electron chi connectivity index (χ1n) is 20.6. The number of hydrogen-bond acceptors (Lipinski definition) is 0. The lowest BCUT2D eigenvalue weighted by molar-refractivity contribution is -0.688. The molecule has 0 N–H and O–H groups in total. The van der Waals surface area contributed by atoms with E-state index in [-0.39, 0.29) is 0 Å². The fourth-order valence-corrected chi connectivity index (χ4v) is 9.34. The molecule has 6 nitrogen and oxygen atoms in total. The topological polar surface area (TPSA) is 25.4 Å². The SMILES string of the molecule is CCn1c2ccc3cc2c2cc(ccc21)C[n+]1ccc(cc1)-c1cc[n+](cc1)Cc1ccc2c(c1)c1cc(ccc1n2CC)C[n+]1ccc(cc1)-c1cc[n+](cc1)C3. The molecule has 13 heterocycles. The van der Waals surface area contributed by atoms with Crippen LogP contribution in [0.4, 0.5) is 0 Å². The van der Waals surface area contributed by atoms with Crippen LogP contribution in [0.2, 0.25) is 0 Å². The van der Waals surface area contributed by atoms with E-state index in [4.69, 9.17) is 0 Å². The van der Waals surface area contributed by atoms with Gasteiger partial charge in [-0.1, -0.05) is 24.3 Å². The van der Waals surface area contributed by atoms with E-state index in [1.54, 1.807) is 0 Å². The zero-order valence-electron chi connectivity index (χ0n) is 33.1. The highest BCUT2D eigenvalue weighted by Gasteiger charge is 2.17. The molecule has 7 aliphatic heterocycles. The second-order valence-corrected chi connectivity index (χ2v) is 15.9. The smallest absolute Gasteiger partial charge is 0.173 e. The molecule has 58 heavy (non-hydrogen) atoms. The van der Waals surface area contributed by atoms with Gasteiger partial charge in [0.2, 0.25) is 0 Å². The van der Waals surface area contributed by atoms with Crippen LogP contribution in [0.15, 0.2) is 171 Å². The minimum Gasteiger partial charge on any atom is -0.341 e. The fraction of sp³-hybridized carbons (Fsp3) is 0.154. The van der Waals surface area contributed by atoms with Gasteiger partial charge in [0, 0.05) is 127 Å². The van der Waals surface area contributed by atoms with E-state index < -0.39 is 0 Å². The molecule has 7 aliphatic rings. The van der Waals surface area contributed by atoms with Gasteiger partial charge in [-0.2, -0.15) is 0 Å². The van der Waals surface area contributed by atoms with Crippen LogP contribution in [0.25, 0.3) is 65.9 Å². The Hall–Kier alpha value is -6.92. The van der Waals surface area contributed by atoms with E-state index in [0.29, 0.717) is 0 Å². The Morgan fingerprint density at radius 1 is 0.328 bits per heavy atom. The summed E-state index contributed by atoms with van der Waals surface area (Å²) in [7, 11) is 0. The summed E-state index contributed by atoms with van der Waals surface area (Å²) < 4.78 is 14.0. The molecule has 4 aromatic carbocycles. The standard InChI is InChI=1S/C52H46N6/c1-3-57-49-9-5-37-29-45(49)46-30-38(6-10-50(46)57)34-54-23-15-42(16-24-54)44-19-27-56(28-20-44)36-40-8-12-52-48(32-40)47-31-39(7-11-51(47)58(52)4-2)35-55-25-17-43(18-26-55)41-13-21-53(33-37)22-14-41/h5-32H,3-4,33-36H2,1-2H3/q+4. The minimum absolute atomic E-state index is 0.815. The first kappa shape index (κ1) is 34.3. The summed E-state index contributed by atoms with van der Waals surface area (Å²) in [6.07, 6.45) is 17.7. The van der Waals surface area contributed by atoms with Crippen LogP contribution in [0.1, 0.15) is 36.1 Å². The number of aromatic nitrogens is 6. The summed E-state index contributed by atoms with van der Waals surface area (Å²) in [5, 5.41) is 5.27. The number of benzene rings is 4. The molecule has 6 aromatic heterocycles. The third-order valence-corrected chi connectivity index (χ3v) is 12.3. The summed E-state index contributed by atoms with van der Waals surface area (Å²) in [6.45, 7) is 9.61. The molecule has 0 amide bonds. The van der Waals surface area contributed by atoms with Gasteiger partial charge >= 0.3 is 0 Å². The predicted octanol–water partition coefficient (Wildman–Crippen LogP) is 8.93. The van der Waals surface area contributed by atoms with Crippen molar-refractivity contribution in [3.8, 4) is 22.3 Å². The zero-order chi connectivity index (χ0) is 38.7. The van der Waals surface area contributed by atoms with Crippen molar-refractivity contribution in [1.82, 2.24) is 9.13 Å². The molecule has 10 aromatic rings. The number of aryl methyl sites for hydroxylation is 2. The van der Waals surface area contributed by atoms with Crippen LogP contribution in [-0.4, -0.2) is 9.13 Å². The molecule has 17 rings (SSSR count). The third-order valence-electron chi connectivity index (χ3n) is 12.3. The van der Waals surface area contributed by atoms with Gasteiger partial charge in [-0.25, -0.2) is 18.3 Å². The van der Waals surface area contributed by atoms with Gasteiger partial charge in [0.05, 0.1) is 0 Å². The monoisotopic (exact) mass is 754 g/mol. The van der Waals surface area contributed by atoms with Gasteiger partial charge in [0.15, 0.2) is 75.8 Å². The lowest BCUT2D eigenvalue weighted by Gasteiger charge is -2.05. The first-order valence-corrected chi connectivity index (χ1v) is 20.6. The maximum absolute atomic E-state index is 2.44. The van der Waals surface area contributed by atoms with Crippen LogP contribution in [0.5, 0.6) is 0 Å². The Bertz CT molecular complexity index is 2730. The van der Waals surface area contributed by atoms with Gasteiger partial charge in [0.1, 0.15) is 0 Å². The quantitative estimate of drug-likeness (QED) is 0.158. The van der Waals surface area contributed by atoms with Crippen LogP contribution < -0.4 is 18.3 Å². The van der Waals surface area contributed by atoms with Crippen molar-refractivity contribution >= 4 is 43.6 Å². The molecule has 16 bridgehead atoms.